The molecule has 14 nitrogen and oxygen atoms in total. The zero-order chi connectivity index (χ0) is 54.6. The third kappa shape index (κ3) is 31.8. The lowest BCUT2D eigenvalue weighted by molar-refractivity contribution is -0.359. The second kappa shape index (κ2) is 45.9. The van der Waals surface area contributed by atoms with Gasteiger partial charge in [0.15, 0.2) is 12.6 Å². The maximum absolute atomic E-state index is 13.1. The molecule has 0 spiro atoms. The van der Waals surface area contributed by atoms with Crippen LogP contribution in [0, 0.1) is 0 Å². The fourth-order valence-electron chi connectivity index (χ4n) is 8.86. The molecule has 2 saturated heterocycles. The highest BCUT2D eigenvalue weighted by Crippen LogP contribution is 2.30. The number of carbonyl (C=O) groups is 1. The van der Waals surface area contributed by atoms with E-state index in [4.69, 9.17) is 18.9 Å². The van der Waals surface area contributed by atoms with Crippen LogP contribution in [0.1, 0.15) is 187 Å². The van der Waals surface area contributed by atoms with Gasteiger partial charge in [-0.3, -0.25) is 4.79 Å². The molecule has 1 amide bonds. The molecule has 2 rings (SSSR count). The van der Waals surface area contributed by atoms with Crippen LogP contribution < -0.4 is 5.32 Å². The van der Waals surface area contributed by atoms with E-state index in [1.807, 2.05) is 18.2 Å². The molecule has 0 saturated carbocycles. The fraction of sp³-hybridized carbons (Fsp3) is 0.721. The molecule has 2 heterocycles. The topological polar surface area (TPSA) is 228 Å². The Labute approximate surface area is 452 Å². The number of allylic oxidation sites excluding steroid dienone is 14. The second-order valence-corrected chi connectivity index (χ2v) is 20.0. The number of hydrogen-bond donors (Lipinski definition) is 9. The van der Waals surface area contributed by atoms with E-state index in [1.165, 1.54) is 103 Å². The Balaban J connectivity index is 1.82. The minimum Gasteiger partial charge on any atom is -0.394 e. The quantitative estimate of drug-likeness (QED) is 0.0205. The Morgan fingerprint density at radius 2 is 0.933 bits per heavy atom. The van der Waals surface area contributed by atoms with Gasteiger partial charge in [-0.1, -0.05) is 207 Å². The van der Waals surface area contributed by atoms with Crippen molar-refractivity contribution in [3.8, 4) is 0 Å². The predicted octanol–water partition coefficient (Wildman–Crippen LogP) is 9.49. The molecule has 2 fully saturated rings. The molecule has 0 aromatic carbocycles. The summed E-state index contributed by atoms with van der Waals surface area (Å²) in [6.45, 7) is 2.58. The van der Waals surface area contributed by atoms with Gasteiger partial charge >= 0.3 is 0 Å². The van der Waals surface area contributed by atoms with Crippen LogP contribution in [-0.2, 0) is 23.7 Å². The highest BCUT2D eigenvalue weighted by Gasteiger charge is 2.51. The van der Waals surface area contributed by atoms with Gasteiger partial charge in [0.25, 0.3) is 0 Å². The number of aliphatic hydroxyl groups is 8. The lowest BCUT2D eigenvalue weighted by Gasteiger charge is -2.46. The van der Waals surface area contributed by atoms with Crippen molar-refractivity contribution in [2.45, 2.75) is 261 Å². The van der Waals surface area contributed by atoms with Crippen molar-refractivity contribution < 1.29 is 64.6 Å². The molecule has 0 aromatic heterocycles. The molecule has 0 radical (unpaired) electrons. The monoisotopic (exact) mass is 1060 g/mol. The Morgan fingerprint density at radius 3 is 1.44 bits per heavy atom. The van der Waals surface area contributed by atoms with Crippen molar-refractivity contribution in [1.29, 1.82) is 0 Å². The summed E-state index contributed by atoms with van der Waals surface area (Å²) in [7, 11) is 0. The van der Waals surface area contributed by atoms with Crippen LogP contribution in [0.5, 0.6) is 0 Å². The van der Waals surface area contributed by atoms with E-state index in [2.05, 4.69) is 86.0 Å². The van der Waals surface area contributed by atoms with E-state index in [9.17, 15) is 45.6 Å². The van der Waals surface area contributed by atoms with Gasteiger partial charge in [0.2, 0.25) is 5.91 Å². The molecule has 0 bridgehead atoms. The maximum atomic E-state index is 13.1. The Morgan fingerprint density at radius 1 is 0.493 bits per heavy atom. The summed E-state index contributed by atoms with van der Waals surface area (Å²) < 4.78 is 22.7. The third-order valence-electron chi connectivity index (χ3n) is 13.5. The molecule has 14 heteroatoms. The number of carbonyl (C=O) groups excluding carboxylic acids is 1. The smallest absolute Gasteiger partial charge is 0.224 e. The highest BCUT2D eigenvalue weighted by molar-refractivity contribution is 5.77. The van der Waals surface area contributed by atoms with E-state index in [0.29, 0.717) is 12.8 Å². The van der Waals surface area contributed by atoms with Crippen LogP contribution in [0.3, 0.4) is 0 Å². The Hall–Kier alpha value is -3.09. The summed E-state index contributed by atoms with van der Waals surface area (Å²) in [5.74, 6) is -0.383. The SMILES string of the molecule is CC/C=C\C/C=C\C/C=C\C/C=C\C/C=C\CC(=O)NC(COC1OC(CO)C(OC2OC(CO)C(O)C(O)C2O)C(O)C1O)C(O)/C=C/CC/C=C/CC/C=C/CCCCCCCCCCCCCCCCCC. The van der Waals surface area contributed by atoms with Gasteiger partial charge in [0.05, 0.1) is 32.0 Å². The van der Waals surface area contributed by atoms with E-state index in [-0.39, 0.29) is 18.9 Å². The maximum Gasteiger partial charge on any atom is 0.224 e. The van der Waals surface area contributed by atoms with E-state index in [1.54, 1.807) is 12.2 Å². The van der Waals surface area contributed by atoms with Gasteiger partial charge in [-0.15, -0.1) is 0 Å². The first kappa shape index (κ1) is 68.0. The van der Waals surface area contributed by atoms with E-state index in [0.717, 1.165) is 51.4 Å². The van der Waals surface area contributed by atoms with Gasteiger partial charge in [-0.2, -0.15) is 0 Å². The summed E-state index contributed by atoms with van der Waals surface area (Å²) in [6.07, 6.45) is 46.3. The first-order chi connectivity index (χ1) is 36.6. The zero-order valence-corrected chi connectivity index (χ0v) is 46.0. The molecule has 0 aromatic rings. The minimum absolute atomic E-state index is 0.0325. The van der Waals surface area contributed by atoms with E-state index >= 15 is 0 Å². The Kier molecular flexibility index (Phi) is 41.6. The molecule has 0 aliphatic carbocycles. The molecule has 2 aliphatic heterocycles. The van der Waals surface area contributed by atoms with Crippen molar-refractivity contribution >= 4 is 5.91 Å². The van der Waals surface area contributed by atoms with Gasteiger partial charge in [0.1, 0.15) is 48.8 Å². The van der Waals surface area contributed by atoms with Gasteiger partial charge < -0.3 is 65.1 Å². The summed E-state index contributed by atoms with van der Waals surface area (Å²) in [6, 6.07) is -0.998. The average Bonchev–Trinajstić information content (AvgIpc) is 3.41. The van der Waals surface area contributed by atoms with Crippen LogP contribution >= 0.6 is 0 Å². The Bertz CT molecular complexity index is 1620. The number of amides is 1. The largest absolute Gasteiger partial charge is 0.394 e. The molecule has 430 valence electrons. The molecule has 12 unspecified atom stereocenters. The number of ether oxygens (including phenoxy) is 4. The highest BCUT2D eigenvalue weighted by atomic mass is 16.7. The lowest BCUT2D eigenvalue weighted by Crippen LogP contribution is -2.65. The van der Waals surface area contributed by atoms with Crippen molar-refractivity contribution in [3.63, 3.8) is 0 Å². The van der Waals surface area contributed by atoms with Gasteiger partial charge in [0, 0.05) is 6.42 Å². The minimum atomic E-state index is -1.81. The molecular formula is C61H103NO13. The molecule has 12 atom stereocenters. The molecule has 75 heavy (non-hydrogen) atoms. The summed E-state index contributed by atoms with van der Waals surface area (Å²) in [5, 5.41) is 86.8. The first-order valence-corrected chi connectivity index (χ1v) is 29.0. The molecule has 2 aliphatic rings. The predicted molar refractivity (Wildman–Crippen MR) is 299 cm³/mol. The van der Waals surface area contributed by atoms with Crippen molar-refractivity contribution in [2.24, 2.45) is 0 Å². The molecular weight excluding hydrogens is 955 g/mol. The summed E-state index contributed by atoms with van der Waals surface area (Å²) in [5.41, 5.74) is 0. The van der Waals surface area contributed by atoms with Crippen LogP contribution in [0.15, 0.2) is 97.2 Å². The van der Waals surface area contributed by atoms with Crippen LogP contribution in [0.25, 0.3) is 0 Å². The fourth-order valence-corrected chi connectivity index (χ4v) is 8.86. The zero-order valence-electron chi connectivity index (χ0n) is 46.0. The van der Waals surface area contributed by atoms with Gasteiger partial charge in [-0.25, -0.2) is 0 Å². The standard InChI is InChI=1S/C61H103NO13/c1-3-5-7-9-11-13-15-17-19-20-21-22-23-24-25-26-27-28-29-31-32-34-36-38-40-42-44-50(65)49(62-53(66)45-43-41-39-37-35-33-30-18-16-14-12-10-8-6-4-2)48-72-60-58(71)56(69)59(52(47-64)74-60)75-61-57(70)55(68)54(67)51(46-63)73-61/h6,8,12,14,18,28-30,34-37,41-44,49-52,54-61,63-65,67-71H,3-5,7,9-11,13,15-17,19-27,31-33,38-40,45-48H2,1-2H3,(H,62,66)/b8-6-,14-12-,29-28+,30-18-,36-34+,37-35-,43-41-,44-42+. The lowest BCUT2D eigenvalue weighted by atomic mass is 9.97. The first-order valence-electron chi connectivity index (χ1n) is 29.0. The number of aliphatic hydroxyl groups excluding tert-OH is 8. The summed E-state index contributed by atoms with van der Waals surface area (Å²) in [4.78, 5) is 13.1. The second-order valence-electron chi connectivity index (χ2n) is 20.0. The van der Waals surface area contributed by atoms with Crippen molar-refractivity contribution in [1.82, 2.24) is 5.32 Å². The van der Waals surface area contributed by atoms with Crippen molar-refractivity contribution in [3.05, 3.63) is 97.2 Å². The summed E-state index contributed by atoms with van der Waals surface area (Å²) >= 11 is 0. The van der Waals surface area contributed by atoms with Crippen LogP contribution in [-0.4, -0.2) is 140 Å². The number of unbranched alkanes of at least 4 members (excludes halogenated alkanes) is 18. The number of nitrogens with one attached hydrogen (secondary N) is 1. The number of rotatable bonds is 44. The molecule has 9 N–H and O–H groups in total. The average molecular weight is 1060 g/mol. The van der Waals surface area contributed by atoms with Gasteiger partial charge in [-0.05, 0) is 70.6 Å². The normalized spacial score (nSPS) is 25.8. The van der Waals surface area contributed by atoms with Crippen LogP contribution in [0.2, 0.25) is 0 Å². The number of hydrogen-bond acceptors (Lipinski definition) is 13. The van der Waals surface area contributed by atoms with E-state index < -0.39 is 86.8 Å². The third-order valence-corrected chi connectivity index (χ3v) is 13.5. The van der Waals surface area contributed by atoms with Crippen LogP contribution in [0.4, 0.5) is 0 Å². The van der Waals surface area contributed by atoms with Crippen molar-refractivity contribution in [2.75, 3.05) is 19.8 Å².